The van der Waals surface area contributed by atoms with Crippen LogP contribution in [0.1, 0.15) is 31.0 Å². The number of nitrogens with zero attached hydrogens (tertiary/aromatic N) is 1. The first-order valence-corrected chi connectivity index (χ1v) is 5.04. The fourth-order valence-corrected chi connectivity index (χ4v) is 1.50. The van der Waals surface area contributed by atoms with Crippen LogP contribution in [0.25, 0.3) is 0 Å². The summed E-state index contributed by atoms with van der Waals surface area (Å²) in [5.41, 5.74) is -0.265. The minimum atomic E-state index is -4.47. The van der Waals surface area contributed by atoms with Crippen LogP contribution in [0.2, 0.25) is 5.02 Å². The lowest BCUT2D eigenvalue weighted by Crippen LogP contribution is -2.09. The van der Waals surface area contributed by atoms with Gasteiger partial charge in [0, 0.05) is 6.20 Å². The number of hydrogen-bond donors (Lipinski definition) is 0. The van der Waals surface area contributed by atoms with E-state index in [-0.39, 0.29) is 5.02 Å². The van der Waals surface area contributed by atoms with Crippen LogP contribution in [-0.4, -0.2) is 4.98 Å². The lowest BCUT2D eigenvalue weighted by molar-refractivity contribution is -0.141. The molecule has 0 saturated heterocycles. The highest BCUT2D eigenvalue weighted by Gasteiger charge is 2.35. The molecule has 1 rings (SSSR count). The Balaban J connectivity index is 2.89. The zero-order chi connectivity index (χ0) is 11.5. The van der Waals surface area contributed by atoms with Gasteiger partial charge >= 0.3 is 6.18 Å². The van der Waals surface area contributed by atoms with Crippen LogP contribution in [0.5, 0.6) is 0 Å². The Kier molecular flexibility index (Phi) is 3.97. The van der Waals surface area contributed by atoms with Gasteiger partial charge in [-0.25, -0.2) is 0 Å². The fourth-order valence-electron chi connectivity index (χ4n) is 1.20. The molecule has 0 fully saturated rings. The van der Waals surface area contributed by atoms with Gasteiger partial charge in [-0.15, -0.1) is 0 Å². The Hall–Kier alpha value is -0.770. The standard InChI is InChI=1S/C10H11ClF3N/c1-2-3-4-7-5-8(11)9(15-6-7)10(12,13)14/h5-6H,2-4H2,1H3. The number of hydrogen-bond acceptors (Lipinski definition) is 1. The lowest BCUT2D eigenvalue weighted by Gasteiger charge is -2.08. The Bertz CT molecular complexity index is 336. The molecule has 1 heterocycles. The van der Waals surface area contributed by atoms with Crippen LogP contribution < -0.4 is 0 Å². The van der Waals surface area contributed by atoms with E-state index in [4.69, 9.17) is 11.6 Å². The summed E-state index contributed by atoms with van der Waals surface area (Å²) in [6.45, 7) is 2.01. The lowest BCUT2D eigenvalue weighted by atomic mass is 10.1. The molecule has 0 aliphatic carbocycles. The summed E-state index contributed by atoms with van der Waals surface area (Å²) in [5, 5.41) is -0.323. The van der Waals surface area contributed by atoms with Crippen molar-refractivity contribution in [2.75, 3.05) is 0 Å². The first kappa shape index (κ1) is 12.3. The van der Waals surface area contributed by atoms with Gasteiger partial charge in [-0.1, -0.05) is 24.9 Å². The van der Waals surface area contributed by atoms with E-state index in [0.29, 0.717) is 6.42 Å². The minimum Gasteiger partial charge on any atom is -0.250 e. The zero-order valence-electron chi connectivity index (χ0n) is 8.24. The van der Waals surface area contributed by atoms with E-state index in [9.17, 15) is 13.2 Å². The molecule has 15 heavy (non-hydrogen) atoms. The highest BCUT2D eigenvalue weighted by molar-refractivity contribution is 6.31. The molecule has 0 saturated carbocycles. The van der Waals surface area contributed by atoms with Crippen LogP contribution in [0.3, 0.4) is 0 Å². The predicted octanol–water partition coefficient (Wildman–Crippen LogP) is 4.10. The maximum Gasteiger partial charge on any atom is 0.434 e. The molecular weight excluding hydrogens is 227 g/mol. The molecule has 0 unspecified atom stereocenters. The Morgan fingerprint density at radius 2 is 2.07 bits per heavy atom. The summed E-state index contributed by atoms with van der Waals surface area (Å²) >= 11 is 5.51. The van der Waals surface area contributed by atoms with Crippen molar-refractivity contribution in [1.29, 1.82) is 0 Å². The van der Waals surface area contributed by atoms with Crippen LogP contribution in [0.4, 0.5) is 13.2 Å². The van der Waals surface area contributed by atoms with Gasteiger partial charge in [-0.2, -0.15) is 13.2 Å². The molecule has 1 aromatic rings. The van der Waals surface area contributed by atoms with E-state index in [2.05, 4.69) is 4.98 Å². The maximum atomic E-state index is 12.3. The Morgan fingerprint density at radius 3 is 2.53 bits per heavy atom. The van der Waals surface area contributed by atoms with Gasteiger partial charge in [0.15, 0.2) is 5.69 Å². The van der Waals surface area contributed by atoms with Crippen molar-refractivity contribution < 1.29 is 13.2 Å². The first-order chi connectivity index (χ1) is 6.95. The largest absolute Gasteiger partial charge is 0.434 e. The average Bonchev–Trinajstić information content (AvgIpc) is 2.12. The number of alkyl halides is 3. The number of pyridine rings is 1. The second-order valence-corrected chi connectivity index (χ2v) is 3.68. The number of unbranched alkanes of at least 4 members (excludes halogenated alkanes) is 1. The van der Waals surface area contributed by atoms with Crippen molar-refractivity contribution in [3.63, 3.8) is 0 Å². The molecule has 0 radical (unpaired) electrons. The van der Waals surface area contributed by atoms with Crippen molar-refractivity contribution in [3.05, 3.63) is 28.5 Å². The van der Waals surface area contributed by atoms with E-state index in [1.54, 1.807) is 0 Å². The molecule has 5 heteroatoms. The summed E-state index contributed by atoms with van der Waals surface area (Å²) in [5.74, 6) is 0. The molecule has 0 atom stereocenters. The van der Waals surface area contributed by atoms with Gasteiger partial charge in [-0.05, 0) is 24.5 Å². The van der Waals surface area contributed by atoms with E-state index < -0.39 is 11.9 Å². The minimum absolute atomic E-state index is 0.323. The van der Waals surface area contributed by atoms with Crippen molar-refractivity contribution in [2.24, 2.45) is 0 Å². The number of aromatic nitrogens is 1. The summed E-state index contributed by atoms with van der Waals surface area (Å²) in [6, 6.07) is 1.34. The smallest absolute Gasteiger partial charge is 0.250 e. The molecule has 0 aliphatic heterocycles. The summed E-state index contributed by atoms with van der Waals surface area (Å²) in [6.07, 6.45) is -0.617. The van der Waals surface area contributed by atoms with Crippen LogP contribution in [0, 0.1) is 0 Å². The molecule has 0 aliphatic rings. The molecule has 0 aromatic carbocycles. The van der Waals surface area contributed by atoms with Gasteiger partial charge in [0.1, 0.15) is 0 Å². The third-order valence-electron chi connectivity index (χ3n) is 1.99. The van der Waals surface area contributed by atoms with Crippen LogP contribution >= 0.6 is 11.6 Å². The fraction of sp³-hybridized carbons (Fsp3) is 0.500. The van der Waals surface area contributed by atoms with Gasteiger partial charge in [0.25, 0.3) is 0 Å². The van der Waals surface area contributed by atoms with Crippen LogP contribution in [-0.2, 0) is 12.6 Å². The Morgan fingerprint density at radius 1 is 1.40 bits per heavy atom. The van der Waals surface area contributed by atoms with Crippen LogP contribution in [0.15, 0.2) is 12.3 Å². The molecule has 0 spiro atoms. The zero-order valence-corrected chi connectivity index (χ0v) is 8.99. The van der Waals surface area contributed by atoms with Crippen molar-refractivity contribution >= 4 is 11.6 Å². The topological polar surface area (TPSA) is 12.9 Å². The molecule has 1 nitrogen and oxygen atoms in total. The van der Waals surface area contributed by atoms with Gasteiger partial charge < -0.3 is 0 Å². The summed E-state index contributed by atoms with van der Waals surface area (Å²) < 4.78 is 36.9. The number of rotatable bonds is 3. The average molecular weight is 238 g/mol. The molecule has 84 valence electrons. The number of aryl methyl sites for hydroxylation is 1. The van der Waals surface area contributed by atoms with Gasteiger partial charge in [-0.3, -0.25) is 4.98 Å². The second-order valence-electron chi connectivity index (χ2n) is 3.28. The van der Waals surface area contributed by atoms with E-state index >= 15 is 0 Å². The SMILES string of the molecule is CCCCc1cnc(C(F)(F)F)c(Cl)c1. The van der Waals surface area contributed by atoms with E-state index in [0.717, 1.165) is 18.4 Å². The first-order valence-electron chi connectivity index (χ1n) is 4.66. The van der Waals surface area contributed by atoms with E-state index in [1.807, 2.05) is 6.92 Å². The van der Waals surface area contributed by atoms with Crippen molar-refractivity contribution in [3.8, 4) is 0 Å². The van der Waals surface area contributed by atoms with Crippen molar-refractivity contribution in [1.82, 2.24) is 4.98 Å². The highest BCUT2D eigenvalue weighted by atomic mass is 35.5. The van der Waals surface area contributed by atoms with Gasteiger partial charge in [0.2, 0.25) is 0 Å². The maximum absolute atomic E-state index is 12.3. The molecular formula is C10H11ClF3N. The summed E-state index contributed by atoms with van der Waals surface area (Å²) in [7, 11) is 0. The third kappa shape index (κ3) is 3.38. The Labute approximate surface area is 91.3 Å². The third-order valence-corrected chi connectivity index (χ3v) is 2.27. The monoisotopic (exact) mass is 237 g/mol. The summed E-state index contributed by atoms with van der Waals surface area (Å²) in [4.78, 5) is 3.35. The molecule has 0 N–H and O–H groups in total. The molecule has 0 amide bonds. The van der Waals surface area contributed by atoms with Crippen molar-refractivity contribution in [2.45, 2.75) is 32.4 Å². The second kappa shape index (κ2) is 4.84. The number of halogens is 4. The quantitative estimate of drug-likeness (QED) is 0.771. The van der Waals surface area contributed by atoms with Gasteiger partial charge in [0.05, 0.1) is 5.02 Å². The highest BCUT2D eigenvalue weighted by Crippen LogP contribution is 2.33. The molecule has 1 aromatic heterocycles. The predicted molar refractivity (Wildman–Crippen MR) is 52.9 cm³/mol. The molecule has 0 bridgehead atoms. The normalized spacial score (nSPS) is 11.8. The van der Waals surface area contributed by atoms with E-state index in [1.165, 1.54) is 12.3 Å².